The molecule has 8 nitrogen and oxygen atoms in total. The maximum absolute atomic E-state index is 11.6. The molecule has 1 aliphatic heterocycles. The number of carbonyl (C=O) groups is 1. The molecule has 0 aliphatic carbocycles. The van der Waals surface area contributed by atoms with E-state index in [9.17, 15) is 25.2 Å². The minimum atomic E-state index is -1.68. The molecule has 0 unspecified atom stereocenters. The second-order valence-corrected chi connectivity index (χ2v) is 5.09. The van der Waals surface area contributed by atoms with Gasteiger partial charge >= 0.3 is 5.97 Å². The van der Waals surface area contributed by atoms with Crippen LogP contribution in [0.3, 0.4) is 0 Å². The summed E-state index contributed by atoms with van der Waals surface area (Å²) in [6.45, 7) is -0.402. The van der Waals surface area contributed by atoms with Gasteiger partial charge in [0.05, 0.1) is 0 Å². The maximum Gasteiger partial charge on any atom is 0.330 e. The molecule has 1 saturated heterocycles. The molecule has 0 radical (unpaired) electrons. The van der Waals surface area contributed by atoms with E-state index >= 15 is 0 Å². The summed E-state index contributed by atoms with van der Waals surface area (Å²) in [5.41, 5.74) is 0.669. The summed E-state index contributed by atoms with van der Waals surface area (Å²) in [6.07, 6.45) is -4.96. The molecule has 1 heterocycles. The van der Waals surface area contributed by atoms with Gasteiger partial charge in [0.2, 0.25) is 0 Å². The van der Waals surface area contributed by atoms with Crippen molar-refractivity contribution in [3.05, 3.63) is 35.9 Å². The molecule has 1 aromatic carbocycles. The van der Waals surface area contributed by atoms with Gasteiger partial charge in [-0.25, -0.2) is 4.79 Å². The fourth-order valence-electron chi connectivity index (χ4n) is 2.03. The van der Waals surface area contributed by atoms with Gasteiger partial charge in [-0.3, -0.25) is 0 Å². The van der Waals surface area contributed by atoms with Crippen LogP contribution in [0.25, 0.3) is 6.08 Å². The van der Waals surface area contributed by atoms with Crippen molar-refractivity contribution < 1.29 is 39.8 Å². The van der Waals surface area contributed by atoms with E-state index in [4.69, 9.17) is 14.6 Å². The Morgan fingerprint density at radius 1 is 1.09 bits per heavy atom. The number of aliphatic hydroxyl groups excluding tert-OH is 4. The van der Waals surface area contributed by atoms with E-state index in [1.807, 2.05) is 0 Å². The van der Waals surface area contributed by atoms with Crippen molar-refractivity contribution in [1.82, 2.24) is 0 Å². The molecule has 5 N–H and O–H groups in total. The minimum absolute atomic E-state index is 0.104. The molecule has 0 amide bonds. The summed E-state index contributed by atoms with van der Waals surface area (Å²) in [5, 5.41) is 47.0. The topological polar surface area (TPSA) is 137 Å². The molecule has 0 aromatic heterocycles. The van der Waals surface area contributed by atoms with Crippen molar-refractivity contribution in [2.75, 3.05) is 6.61 Å². The first-order valence-electron chi connectivity index (χ1n) is 6.90. The molecular weight excluding hydrogens is 308 g/mol. The van der Waals surface area contributed by atoms with Gasteiger partial charge in [0.1, 0.15) is 36.8 Å². The molecule has 0 bridgehead atoms. The first-order chi connectivity index (χ1) is 10.9. The van der Waals surface area contributed by atoms with E-state index in [2.05, 4.69) is 0 Å². The van der Waals surface area contributed by atoms with Crippen LogP contribution in [0.15, 0.2) is 30.3 Å². The molecule has 0 saturated carbocycles. The summed E-state index contributed by atoms with van der Waals surface area (Å²) in [4.78, 5) is 11.6. The van der Waals surface area contributed by atoms with Crippen molar-refractivity contribution >= 4 is 12.0 Å². The lowest BCUT2D eigenvalue weighted by Gasteiger charge is -2.37. The highest BCUT2D eigenvalue weighted by molar-refractivity contribution is 5.87. The fourth-order valence-corrected chi connectivity index (χ4v) is 2.03. The quantitative estimate of drug-likeness (QED) is 0.342. The standard InChI is InChI=1S/C15H18O8/c16-9-4-1-8(2-5-9)3-6-11(17)22-7-10-12(18)13(19)14(20)15(21)23-10/h1-6,10,12-16,18-21H,7H2/b6-3+/t10-,12-,13-,14-,15+/m0/s1. The average molecular weight is 326 g/mol. The summed E-state index contributed by atoms with van der Waals surface area (Å²) >= 11 is 0. The van der Waals surface area contributed by atoms with E-state index in [0.29, 0.717) is 5.56 Å². The van der Waals surface area contributed by atoms with Crippen molar-refractivity contribution in [2.45, 2.75) is 30.7 Å². The fraction of sp³-hybridized carbons (Fsp3) is 0.400. The van der Waals surface area contributed by atoms with Gasteiger partial charge in [-0.1, -0.05) is 12.1 Å². The predicted octanol–water partition coefficient (Wildman–Crippen LogP) is -1.25. The number of phenolic OH excluding ortho intramolecular Hbond substituents is 1. The van der Waals surface area contributed by atoms with E-state index in [0.717, 1.165) is 6.08 Å². The van der Waals surface area contributed by atoms with E-state index in [1.54, 1.807) is 12.1 Å². The van der Waals surface area contributed by atoms with Crippen LogP contribution < -0.4 is 0 Å². The monoisotopic (exact) mass is 326 g/mol. The lowest BCUT2D eigenvalue weighted by Crippen LogP contribution is -2.58. The summed E-state index contributed by atoms with van der Waals surface area (Å²) in [7, 11) is 0. The van der Waals surface area contributed by atoms with Crippen LogP contribution in [0.5, 0.6) is 5.75 Å². The highest BCUT2D eigenvalue weighted by Gasteiger charge is 2.43. The second-order valence-electron chi connectivity index (χ2n) is 5.09. The molecule has 1 aromatic rings. The Bertz CT molecular complexity index is 555. The van der Waals surface area contributed by atoms with E-state index in [-0.39, 0.29) is 5.75 Å². The van der Waals surface area contributed by atoms with E-state index < -0.39 is 43.3 Å². The number of rotatable bonds is 4. The number of hydrogen-bond donors (Lipinski definition) is 5. The summed E-state index contributed by atoms with van der Waals surface area (Å²) in [5.74, 6) is -0.614. The normalized spacial score (nSPS) is 31.2. The molecular formula is C15H18O8. The van der Waals surface area contributed by atoms with Crippen LogP contribution >= 0.6 is 0 Å². The van der Waals surface area contributed by atoms with Crippen molar-refractivity contribution in [2.24, 2.45) is 0 Å². The van der Waals surface area contributed by atoms with Gasteiger partial charge in [-0.15, -0.1) is 0 Å². The average Bonchev–Trinajstić information content (AvgIpc) is 2.54. The van der Waals surface area contributed by atoms with Gasteiger partial charge < -0.3 is 35.0 Å². The maximum atomic E-state index is 11.6. The molecule has 0 spiro atoms. The van der Waals surface area contributed by atoms with Gasteiger partial charge in [-0.2, -0.15) is 0 Å². The minimum Gasteiger partial charge on any atom is -0.508 e. The lowest BCUT2D eigenvalue weighted by atomic mass is 9.99. The lowest BCUT2D eigenvalue weighted by molar-refractivity contribution is -0.287. The summed E-state index contributed by atoms with van der Waals surface area (Å²) in [6, 6.07) is 6.12. The van der Waals surface area contributed by atoms with Crippen molar-refractivity contribution in [1.29, 1.82) is 0 Å². The molecule has 126 valence electrons. The van der Waals surface area contributed by atoms with Gasteiger partial charge in [0.15, 0.2) is 6.29 Å². The molecule has 23 heavy (non-hydrogen) atoms. The SMILES string of the molecule is O=C(/C=C/c1ccc(O)cc1)OC[C@@H]1O[C@@H](O)[C@@H](O)[C@@H](O)[C@H]1O. The third kappa shape index (κ3) is 4.50. The largest absolute Gasteiger partial charge is 0.508 e. The molecule has 1 aliphatic rings. The zero-order valence-corrected chi connectivity index (χ0v) is 12.0. The van der Waals surface area contributed by atoms with Crippen LogP contribution in [0.1, 0.15) is 5.56 Å². The first kappa shape index (κ1) is 17.4. The van der Waals surface area contributed by atoms with Gasteiger partial charge in [0, 0.05) is 6.08 Å². The molecule has 5 atom stereocenters. The molecule has 8 heteroatoms. The first-order valence-corrected chi connectivity index (χ1v) is 6.90. The van der Waals surface area contributed by atoms with Gasteiger partial charge in [-0.05, 0) is 23.8 Å². The number of aromatic hydroxyl groups is 1. The zero-order valence-electron chi connectivity index (χ0n) is 12.0. The number of benzene rings is 1. The number of hydrogen-bond acceptors (Lipinski definition) is 8. The van der Waals surface area contributed by atoms with E-state index in [1.165, 1.54) is 18.2 Å². The Morgan fingerprint density at radius 2 is 1.74 bits per heavy atom. The number of carbonyl (C=O) groups excluding carboxylic acids is 1. The highest BCUT2D eigenvalue weighted by atomic mass is 16.6. The van der Waals surface area contributed by atoms with Crippen LogP contribution in [0, 0.1) is 0 Å². The molecule has 1 fully saturated rings. The van der Waals surface area contributed by atoms with Gasteiger partial charge in [0.25, 0.3) is 0 Å². The van der Waals surface area contributed by atoms with Crippen molar-refractivity contribution in [3.63, 3.8) is 0 Å². The third-order valence-electron chi connectivity index (χ3n) is 3.38. The number of ether oxygens (including phenoxy) is 2. The second kappa shape index (κ2) is 7.53. The molecule has 2 rings (SSSR count). The van der Waals surface area contributed by atoms with Crippen LogP contribution in [0.4, 0.5) is 0 Å². The smallest absolute Gasteiger partial charge is 0.330 e. The predicted molar refractivity (Wildman–Crippen MR) is 77.0 cm³/mol. The highest BCUT2D eigenvalue weighted by Crippen LogP contribution is 2.20. The summed E-state index contributed by atoms with van der Waals surface area (Å²) < 4.78 is 9.74. The Balaban J connectivity index is 1.85. The number of esters is 1. The zero-order chi connectivity index (χ0) is 17.0. The third-order valence-corrected chi connectivity index (χ3v) is 3.38. The van der Waals surface area contributed by atoms with Crippen molar-refractivity contribution in [3.8, 4) is 5.75 Å². The van der Waals surface area contributed by atoms with Crippen LogP contribution in [0.2, 0.25) is 0 Å². The van der Waals surface area contributed by atoms with Crippen LogP contribution in [-0.4, -0.2) is 68.8 Å². The Kier molecular flexibility index (Phi) is 5.69. The number of phenols is 1. The Labute approximate surface area is 131 Å². The Morgan fingerprint density at radius 3 is 2.39 bits per heavy atom. The van der Waals surface area contributed by atoms with Crippen LogP contribution in [-0.2, 0) is 14.3 Å². The Hall–Kier alpha value is -1.97. The number of aliphatic hydroxyl groups is 4.